The molecule has 3 rings (SSSR count). The van der Waals surface area contributed by atoms with Crippen molar-refractivity contribution in [3.05, 3.63) is 53.6 Å². The van der Waals surface area contributed by atoms with Gasteiger partial charge in [-0.3, -0.25) is 4.79 Å². The molecule has 1 saturated heterocycles. The lowest BCUT2D eigenvalue weighted by Gasteiger charge is -2.13. The van der Waals surface area contributed by atoms with Crippen LogP contribution in [0.1, 0.15) is 32.1 Å². The van der Waals surface area contributed by atoms with E-state index in [-0.39, 0.29) is 5.91 Å². The van der Waals surface area contributed by atoms with Crippen LogP contribution in [-0.2, 0) is 4.79 Å². The summed E-state index contributed by atoms with van der Waals surface area (Å²) in [5.41, 5.74) is 2.89. The topological polar surface area (TPSA) is 32.3 Å². The number of likely N-dealkylation sites (tertiary alicyclic amines) is 1. The Morgan fingerprint density at radius 1 is 1.00 bits per heavy atom. The van der Waals surface area contributed by atoms with Crippen LogP contribution in [-0.4, -0.2) is 30.4 Å². The first-order valence-corrected chi connectivity index (χ1v) is 9.47. The molecule has 0 atom stereocenters. The maximum Gasteiger partial charge on any atom is 0.224 e. The Bertz CT molecular complexity index is 693. The first-order valence-electron chi connectivity index (χ1n) is 9.09. The quantitative estimate of drug-likeness (QED) is 0.690. The van der Waals surface area contributed by atoms with Gasteiger partial charge in [0.1, 0.15) is 0 Å². The lowest BCUT2D eigenvalue weighted by molar-refractivity contribution is -0.116. The molecular weight excluding hydrogens is 332 g/mol. The Hall–Kier alpha value is -1.84. The summed E-state index contributed by atoms with van der Waals surface area (Å²) < 4.78 is 0. The fraction of sp³-hybridized carbons (Fsp3) is 0.381. The van der Waals surface area contributed by atoms with Gasteiger partial charge in [-0.15, -0.1) is 0 Å². The molecule has 0 aromatic heterocycles. The summed E-state index contributed by atoms with van der Waals surface area (Å²) in [6.07, 6.45) is 5.27. The number of unbranched alkanes of at least 4 members (excludes halogenated alkanes) is 1. The van der Waals surface area contributed by atoms with Gasteiger partial charge in [0.15, 0.2) is 0 Å². The summed E-state index contributed by atoms with van der Waals surface area (Å²) >= 11 is 6.23. The summed E-state index contributed by atoms with van der Waals surface area (Å²) in [4.78, 5) is 14.6. The lowest BCUT2D eigenvalue weighted by Crippen LogP contribution is -2.20. The fourth-order valence-corrected chi connectivity index (χ4v) is 3.52. The molecule has 0 aliphatic carbocycles. The van der Waals surface area contributed by atoms with Crippen molar-refractivity contribution in [2.45, 2.75) is 32.1 Å². The minimum absolute atomic E-state index is 0.0897. The monoisotopic (exact) mass is 356 g/mol. The highest BCUT2D eigenvalue weighted by Crippen LogP contribution is 2.28. The molecule has 4 heteroatoms. The fourth-order valence-electron chi connectivity index (χ4n) is 3.28. The third-order valence-electron chi connectivity index (χ3n) is 4.68. The van der Waals surface area contributed by atoms with E-state index in [4.69, 9.17) is 11.6 Å². The molecule has 1 fully saturated rings. The van der Waals surface area contributed by atoms with Gasteiger partial charge in [-0.25, -0.2) is 0 Å². The minimum Gasteiger partial charge on any atom is -0.326 e. The highest BCUT2D eigenvalue weighted by Gasteiger charge is 2.11. The molecule has 0 saturated carbocycles. The van der Waals surface area contributed by atoms with E-state index < -0.39 is 0 Å². The normalized spacial score (nSPS) is 14.6. The van der Waals surface area contributed by atoms with Crippen LogP contribution < -0.4 is 5.32 Å². The maximum absolute atomic E-state index is 12.1. The van der Waals surface area contributed by atoms with E-state index in [1.807, 2.05) is 48.5 Å². The van der Waals surface area contributed by atoms with Gasteiger partial charge in [0.25, 0.3) is 0 Å². The third kappa shape index (κ3) is 5.32. The van der Waals surface area contributed by atoms with Gasteiger partial charge >= 0.3 is 0 Å². The number of carbonyl (C=O) groups excluding carboxylic acids is 1. The van der Waals surface area contributed by atoms with E-state index in [1.54, 1.807) is 0 Å². The zero-order valence-electron chi connectivity index (χ0n) is 14.5. The van der Waals surface area contributed by atoms with Crippen molar-refractivity contribution >= 4 is 23.2 Å². The maximum atomic E-state index is 12.1. The Morgan fingerprint density at radius 2 is 1.72 bits per heavy atom. The van der Waals surface area contributed by atoms with Gasteiger partial charge in [0.05, 0.1) is 0 Å². The van der Waals surface area contributed by atoms with Crippen molar-refractivity contribution in [2.75, 3.05) is 25.0 Å². The summed E-state index contributed by atoms with van der Waals surface area (Å²) in [6.45, 7) is 3.58. The molecule has 2 aromatic carbocycles. The number of nitrogens with one attached hydrogen (secondary N) is 1. The molecule has 3 nitrogen and oxygen atoms in total. The van der Waals surface area contributed by atoms with Crippen LogP contribution in [0.25, 0.3) is 11.1 Å². The number of hydrogen-bond acceptors (Lipinski definition) is 2. The van der Waals surface area contributed by atoms with Gasteiger partial charge in [-0.2, -0.15) is 0 Å². The molecule has 0 unspecified atom stereocenters. The minimum atomic E-state index is 0.0897. The van der Waals surface area contributed by atoms with Crippen LogP contribution in [0.4, 0.5) is 5.69 Å². The highest BCUT2D eigenvalue weighted by atomic mass is 35.5. The van der Waals surface area contributed by atoms with Crippen molar-refractivity contribution in [3.63, 3.8) is 0 Å². The molecule has 1 aliphatic rings. The largest absolute Gasteiger partial charge is 0.326 e. The molecule has 1 heterocycles. The number of benzene rings is 2. The van der Waals surface area contributed by atoms with Crippen molar-refractivity contribution in [1.82, 2.24) is 4.90 Å². The second kappa shape index (κ2) is 9.02. The third-order valence-corrected chi connectivity index (χ3v) is 5.01. The molecule has 1 aliphatic heterocycles. The van der Waals surface area contributed by atoms with E-state index in [0.29, 0.717) is 6.42 Å². The standard InChI is InChI=1S/C21H25ClN2O/c22-20-8-2-1-7-19(20)17-10-12-18(13-11-17)23-21(25)9-3-4-14-24-15-5-6-16-24/h1-2,7-8,10-13H,3-6,9,14-16H2,(H,23,25). The van der Waals surface area contributed by atoms with Crippen molar-refractivity contribution in [1.29, 1.82) is 0 Å². The zero-order chi connectivity index (χ0) is 17.5. The summed E-state index contributed by atoms with van der Waals surface area (Å²) in [7, 11) is 0. The summed E-state index contributed by atoms with van der Waals surface area (Å²) in [6, 6.07) is 15.6. The van der Waals surface area contributed by atoms with Crippen LogP contribution in [0.5, 0.6) is 0 Å². The Morgan fingerprint density at radius 3 is 2.44 bits per heavy atom. The Kier molecular flexibility index (Phi) is 6.48. The van der Waals surface area contributed by atoms with E-state index in [9.17, 15) is 4.79 Å². The number of halogens is 1. The van der Waals surface area contributed by atoms with Crippen LogP contribution >= 0.6 is 11.6 Å². The Balaban J connectivity index is 1.44. The second-order valence-corrected chi connectivity index (χ2v) is 7.02. The van der Waals surface area contributed by atoms with E-state index >= 15 is 0 Å². The van der Waals surface area contributed by atoms with E-state index in [1.165, 1.54) is 25.9 Å². The van der Waals surface area contributed by atoms with Crippen molar-refractivity contribution < 1.29 is 4.79 Å². The van der Waals surface area contributed by atoms with E-state index in [2.05, 4.69) is 10.2 Å². The number of carbonyl (C=O) groups is 1. The van der Waals surface area contributed by atoms with Gasteiger partial charge in [-0.1, -0.05) is 41.9 Å². The van der Waals surface area contributed by atoms with Crippen LogP contribution in [0.15, 0.2) is 48.5 Å². The number of rotatable bonds is 7. The van der Waals surface area contributed by atoms with Gasteiger partial charge in [0.2, 0.25) is 5.91 Å². The molecule has 0 bridgehead atoms. The predicted octanol–water partition coefficient (Wildman–Crippen LogP) is 5.21. The van der Waals surface area contributed by atoms with Crippen molar-refractivity contribution in [3.8, 4) is 11.1 Å². The Labute approximate surface area is 155 Å². The molecule has 1 amide bonds. The van der Waals surface area contributed by atoms with Gasteiger partial charge in [-0.05, 0) is 69.1 Å². The van der Waals surface area contributed by atoms with Crippen molar-refractivity contribution in [2.24, 2.45) is 0 Å². The lowest BCUT2D eigenvalue weighted by atomic mass is 10.1. The van der Waals surface area contributed by atoms with Gasteiger partial charge < -0.3 is 10.2 Å². The zero-order valence-corrected chi connectivity index (χ0v) is 15.3. The molecule has 132 valence electrons. The first-order chi connectivity index (χ1) is 12.2. The number of nitrogens with zero attached hydrogens (tertiary/aromatic N) is 1. The average Bonchev–Trinajstić information content (AvgIpc) is 3.14. The SMILES string of the molecule is O=C(CCCCN1CCCC1)Nc1ccc(-c2ccccc2Cl)cc1. The van der Waals surface area contributed by atoms with Crippen LogP contribution in [0.2, 0.25) is 5.02 Å². The first kappa shape index (κ1) is 18.0. The molecular formula is C21H25ClN2O. The molecule has 25 heavy (non-hydrogen) atoms. The molecule has 0 radical (unpaired) electrons. The van der Waals surface area contributed by atoms with Crippen LogP contribution in [0, 0.1) is 0 Å². The average molecular weight is 357 g/mol. The second-order valence-electron chi connectivity index (χ2n) is 6.61. The smallest absolute Gasteiger partial charge is 0.224 e. The van der Waals surface area contributed by atoms with Crippen LogP contribution in [0.3, 0.4) is 0 Å². The van der Waals surface area contributed by atoms with Gasteiger partial charge in [0, 0.05) is 22.7 Å². The summed E-state index contributed by atoms with van der Waals surface area (Å²) in [5.74, 6) is 0.0897. The molecule has 1 N–H and O–H groups in total. The summed E-state index contributed by atoms with van der Waals surface area (Å²) in [5, 5.41) is 3.71. The molecule has 2 aromatic rings. The van der Waals surface area contributed by atoms with E-state index in [0.717, 1.165) is 41.2 Å². The highest BCUT2D eigenvalue weighted by molar-refractivity contribution is 6.33. The number of amides is 1. The molecule has 0 spiro atoms. The number of anilines is 1. The predicted molar refractivity (Wildman–Crippen MR) is 105 cm³/mol. The number of hydrogen-bond donors (Lipinski definition) is 1.